The second kappa shape index (κ2) is 14.5. The molecule has 6 fully saturated rings. The van der Waals surface area contributed by atoms with Gasteiger partial charge in [0.2, 0.25) is 0 Å². The Kier molecular flexibility index (Phi) is 11.5. The lowest BCUT2D eigenvalue weighted by Gasteiger charge is -2.73. The minimum absolute atomic E-state index is 0.0155. The first kappa shape index (κ1) is 42.9. The van der Waals surface area contributed by atoms with E-state index in [2.05, 4.69) is 92.2 Å². The Bertz CT molecular complexity index is 1530. The van der Waals surface area contributed by atoms with Gasteiger partial charge in [0.05, 0.1) is 11.5 Å². The summed E-state index contributed by atoms with van der Waals surface area (Å²) in [7, 11) is -4.90. The second-order valence-electron chi connectivity index (χ2n) is 22.4. The molecule has 0 aromatic rings. The number of rotatable bonds is 10. The quantitative estimate of drug-likeness (QED) is 0.134. The number of fused-ring (bicyclic) bond motifs is 7. The largest absolute Gasteiger partial charge is 0.462 e. The molecule has 9 heteroatoms. The first-order chi connectivity index (χ1) is 24.8. The minimum atomic E-state index is -2.95. The fourth-order valence-electron chi connectivity index (χ4n) is 14.3. The van der Waals surface area contributed by atoms with Crippen LogP contribution in [0.4, 0.5) is 0 Å². The summed E-state index contributed by atoms with van der Waals surface area (Å²) in [5.74, 6) is 3.44. The van der Waals surface area contributed by atoms with Crippen LogP contribution >= 0.6 is 0 Å². The van der Waals surface area contributed by atoms with Gasteiger partial charge in [0.15, 0.2) is 18.2 Å². The summed E-state index contributed by atoms with van der Waals surface area (Å²) >= 11 is 0. The zero-order chi connectivity index (χ0) is 39.9. The van der Waals surface area contributed by atoms with Crippen molar-refractivity contribution in [3.63, 3.8) is 0 Å². The molecule has 1 saturated heterocycles. The summed E-state index contributed by atoms with van der Waals surface area (Å²) < 4.78 is 37.7. The van der Waals surface area contributed by atoms with Gasteiger partial charge in [0.25, 0.3) is 0 Å². The molecule has 1 N–H and O–H groups in total. The van der Waals surface area contributed by atoms with Crippen LogP contribution in [0.2, 0.25) is 18.1 Å². The summed E-state index contributed by atoms with van der Waals surface area (Å²) in [6.45, 7) is 35.8. The highest BCUT2D eigenvalue weighted by Crippen LogP contribution is 2.76. The van der Waals surface area contributed by atoms with Gasteiger partial charge in [-0.2, -0.15) is 0 Å². The van der Waals surface area contributed by atoms with Gasteiger partial charge in [0.1, 0.15) is 6.10 Å². The van der Waals surface area contributed by atoms with E-state index in [1.54, 1.807) is 6.92 Å². The van der Waals surface area contributed by atoms with E-state index in [1.807, 2.05) is 0 Å². The Labute approximate surface area is 332 Å². The van der Waals surface area contributed by atoms with E-state index in [0.29, 0.717) is 49.3 Å². The first-order valence-corrected chi connectivity index (χ1v) is 26.7. The molecule has 54 heavy (non-hydrogen) atoms. The van der Waals surface area contributed by atoms with E-state index in [4.69, 9.17) is 9.16 Å². The smallest absolute Gasteiger partial charge is 0.302 e. The third kappa shape index (κ3) is 7.18. The monoisotopic (exact) mass is 789 g/mol. The maximum atomic E-state index is 12.4. The number of ether oxygens (including phenoxy) is 1. The van der Waals surface area contributed by atoms with Crippen LogP contribution in [0.15, 0.2) is 12.2 Å². The molecule has 6 rings (SSSR count). The highest BCUT2D eigenvalue weighted by molar-refractivity contribution is 7.91. The van der Waals surface area contributed by atoms with Crippen LogP contribution in [0.1, 0.15) is 140 Å². The molecule has 5 aliphatic carbocycles. The Morgan fingerprint density at radius 3 is 2.17 bits per heavy atom. The summed E-state index contributed by atoms with van der Waals surface area (Å²) in [6.07, 6.45) is 13.2. The van der Waals surface area contributed by atoms with Crippen molar-refractivity contribution in [3.8, 4) is 0 Å². The van der Waals surface area contributed by atoms with Crippen molar-refractivity contribution < 1.29 is 22.4 Å². The predicted octanol–water partition coefficient (Wildman–Crippen LogP) is 9.43. The molecule has 0 bridgehead atoms. The topological polar surface area (TPSA) is 84.9 Å². The number of esters is 1. The van der Waals surface area contributed by atoms with Crippen LogP contribution in [0.5, 0.6) is 0 Å². The summed E-state index contributed by atoms with van der Waals surface area (Å²) in [5, 5.41) is 4.48. The number of carbonyl (C=O) groups excluding carboxylic acids is 1. The third-order valence-electron chi connectivity index (χ3n) is 18.6. The molecule has 1 unspecified atom stereocenters. The van der Waals surface area contributed by atoms with Crippen molar-refractivity contribution >= 4 is 24.1 Å². The number of carbonyl (C=O) groups is 1. The number of nitrogens with zero attached hydrogens (tertiary/aromatic N) is 1. The normalized spacial score (nSPS) is 42.5. The molecule has 1 aliphatic heterocycles. The van der Waals surface area contributed by atoms with Gasteiger partial charge < -0.3 is 14.5 Å². The lowest BCUT2D eigenvalue weighted by molar-refractivity contribution is -0.246. The summed E-state index contributed by atoms with van der Waals surface area (Å²) in [4.78, 5) is 14.6. The van der Waals surface area contributed by atoms with Crippen molar-refractivity contribution in [3.05, 3.63) is 12.2 Å². The molecule has 7 nitrogen and oxygen atoms in total. The Morgan fingerprint density at radius 1 is 0.889 bits per heavy atom. The molecular formula is C45H80N2O5SSi. The number of hydrogen-bond donors (Lipinski definition) is 1. The standard InChI is InChI=1S/C45H80N2O5SSi/c1-31(2)34-16-22-45(46-25-19-33(30-51-54(12,13)40(4,5)6)47-26-28-53(49,50)29-27-47)24-23-43(10)35(39(34)45)14-15-37-42(9)20-18-38(52-32(3)48)41(7,8)36(42)17-21-44(37,43)11/h33-39,46H,1,14-30H2,2-13H3/t33?,34-,35+,36-,37+,38-,39+,42-,43+,44+,45-/m0/s1. The molecule has 0 amide bonds. The number of sulfone groups is 1. The highest BCUT2D eigenvalue weighted by Gasteiger charge is 2.71. The molecule has 6 aliphatic rings. The van der Waals surface area contributed by atoms with Crippen molar-refractivity contribution in [2.45, 2.75) is 176 Å². The van der Waals surface area contributed by atoms with Gasteiger partial charge in [0, 0.05) is 43.6 Å². The Balaban J connectivity index is 1.22. The van der Waals surface area contributed by atoms with Crippen LogP contribution in [0, 0.1) is 51.2 Å². The third-order valence-corrected chi connectivity index (χ3v) is 24.7. The van der Waals surface area contributed by atoms with Crippen molar-refractivity contribution in [2.24, 2.45) is 51.2 Å². The molecule has 11 atom stereocenters. The van der Waals surface area contributed by atoms with Crippen LogP contribution < -0.4 is 5.32 Å². The summed E-state index contributed by atoms with van der Waals surface area (Å²) in [5.41, 5.74) is 2.28. The molecule has 5 saturated carbocycles. The first-order valence-electron chi connectivity index (χ1n) is 22.0. The molecule has 0 radical (unpaired) electrons. The molecule has 310 valence electrons. The van der Waals surface area contributed by atoms with Gasteiger partial charge in [-0.05, 0) is 148 Å². The van der Waals surface area contributed by atoms with E-state index in [0.717, 1.165) is 25.8 Å². The lowest BCUT2D eigenvalue weighted by Crippen LogP contribution is -2.69. The van der Waals surface area contributed by atoms with Crippen molar-refractivity contribution in [2.75, 3.05) is 37.7 Å². The fraction of sp³-hybridized carbons (Fsp3) is 0.933. The molecule has 0 aromatic carbocycles. The van der Waals surface area contributed by atoms with E-state index in [1.165, 1.54) is 56.9 Å². The van der Waals surface area contributed by atoms with Gasteiger partial charge in [-0.15, -0.1) is 0 Å². The van der Waals surface area contributed by atoms with Gasteiger partial charge in [-0.3, -0.25) is 9.69 Å². The maximum absolute atomic E-state index is 12.4. The van der Waals surface area contributed by atoms with Crippen LogP contribution in [0.3, 0.4) is 0 Å². The average molecular weight is 789 g/mol. The minimum Gasteiger partial charge on any atom is -0.462 e. The number of nitrogens with one attached hydrogen (secondary N) is 1. The SMILES string of the molecule is C=C(C)[C@@H]1CC[C@]2(NCCC(CO[Si](C)(C)C(C)(C)C)N3CCS(=O)(=O)CC3)CC[C@]3(C)[C@H](CC[C@@H]4[C@@]5(C)CC[C@H](OC(C)=O)C(C)(C)[C@@H]5CC[C@]43C)[C@@H]12. The number of hydrogen-bond acceptors (Lipinski definition) is 7. The van der Waals surface area contributed by atoms with Crippen LogP contribution in [-0.2, 0) is 23.8 Å². The fourth-order valence-corrected chi connectivity index (χ4v) is 16.6. The van der Waals surface area contributed by atoms with Crippen molar-refractivity contribution in [1.82, 2.24) is 10.2 Å². The van der Waals surface area contributed by atoms with E-state index in [-0.39, 0.29) is 61.9 Å². The predicted molar refractivity (Wildman–Crippen MR) is 225 cm³/mol. The molecule has 1 heterocycles. The highest BCUT2D eigenvalue weighted by atomic mass is 32.2. The van der Waals surface area contributed by atoms with Gasteiger partial charge in [-0.1, -0.05) is 67.5 Å². The molecule has 0 aromatic heterocycles. The second-order valence-corrected chi connectivity index (χ2v) is 29.5. The van der Waals surface area contributed by atoms with Gasteiger partial charge in [-0.25, -0.2) is 8.42 Å². The number of allylic oxidation sites excluding steroid dienone is 1. The maximum Gasteiger partial charge on any atom is 0.302 e. The Morgan fingerprint density at radius 2 is 1.56 bits per heavy atom. The van der Waals surface area contributed by atoms with E-state index >= 15 is 0 Å². The van der Waals surface area contributed by atoms with Gasteiger partial charge >= 0.3 is 5.97 Å². The van der Waals surface area contributed by atoms with E-state index < -0.39 is 18.2 Å². The molecular weight excluding hydrogens is 709 g/mol. The zero-order valence-corrected chi connectivity index (χ0v) is 38.5. The average Bonchev–Trinajstić information content (AvgIpc) is 3.44. The Hall–Kier alpha value is -0.743. The van der Waals surface area contributed by atoms with E-state index in [9.17, 15) is 13.2 Å². The molecule has 0 spiro atoms. The van der Waals surface area contributed by atoms with Crippen molar-refractivity contribution in [1.29, 1.82) is 0 Å². The van der Waals surface area contributed by atoms with Crippen LogP contribution in [-0.4, -0.2) is 83.0 Å². The van der Waals surface area contributed by atoms with Crippen LogP contribution in [0.25, 0.3) is 0 Å². The summed E-state index contributed by atoms with van der Waals surface area (Å²) in [6, 6.07) is 0.217. The zero-order valence-electron chi connectivity index (χ0n) is 36.7. The lowest BCUT2D eigenvalue weighted by atomic mass is 9.32.